The quantitative estimate of drug-likeness (QED) is 0.818. The van der Waals surface area contributed by atoms with E-state index in [2.05, 4.69) is 10.6 Å². The number of nitrogens with zero attached hydrogens (tertiary/aromatic N) is 1. The fourth-order valence-electron chi connectivity index (χ4n) is 3.79. The number of urea groups is 1. The van der Waals surface area contributed by atoms with Crippen LogP contribution in [0.25, 0.3) is 0 Å². The maximum absolute atomic E-state index is 13.9. The highest BCUT2D eigenvalue weighted by atomic mass is 19.1. The van der Waals surface area contributed by atoms with E-state index >= 15 is 0 Å². The van der Waals surface area contributed by atoms with Gasteiger partial charge in [0.15, 0.2) is 0 Å². The van der Waals surface area contributed by atoms with Crippen LogP contribution in [0.5, 0.6) is 0 Å². The highest BCUT2D eigenvalue weighted by Gasteiger charge is 2.55. The number of benzene rings is 2. The Labute approximate surface area is 155 Å². The van der Waals surface area contributed by atoms with Crippen LogP contribution in [0.3, 0.4) is 0 Å². The molecule has 4 amide bonds. The minimum absolute atomic E-state index is 0.0126. The molecular formula is C20H18FN3O3. The first-order valence-electron chi connectivity index (χ1n) is 8.69. The van der Waals surface area contributed by atoms with Crippen molar-refractivity contribution in [1.29, 1.82) is 0 Å². The summed E-state index contributed by atoms with van der Waals surface area (Å²) in [5.74, 6) is -1.65. The number of halogens is 1. The van der Waals surface area contributed by atoms with Gasteiger partial charge in [0.05, 0.1) is 5.69 Å². The number of fused-ring (bicyclic) bond motifs is 2. The Morgan fingerprint density at radius 2 is 2.04 bits per heavy atom. The SMILES string of the molecule is Cc1ccc(NC(=O)CN2C(=O)N[C@@]3(CCc4ccccc43)C2=O)c(F)c1. The molecule has 6 nitrogen and oxygen atoms in total. The van der Waals surface area contributed by atoms with Gasteiger partial charge in [0.25, 0.3) is 5.91 Å². The Morgan fingerprint density at radius 1 is 1.26 bits per heavy atom. The molecule has 2 aliphatic rings. The molecular weight excluding hydrogens is 349 g/mol. The average Bonchev–Trinajstić information content (AvgIpc) is 3.11. The molecule has 0 unspecified atom stereocenters. The zero-order chi connectivity index (χ0) is 19.2. The van der Waals surface area contributed by atoms with Crippen LogP contribution < -0.4 is 10.6 Å². The number of hydrogen-bond acceptors (Lipinski definition) is 3. The molecule has 4 rings (SSSR count). The van der Waals surface area contributed by atoms with E-state index < -0.39 is 35.7 Å². The lowest BCUT2D eigenvalue weighted by Gasteiger charge is -2.22. The van der Waals surface area contributed by atoms with E-state index in [9.17, 15) is 18.8 Å². The summed E-state index contributed by atoms with van der Waals surface area (Å²) < 4.78 is 13.9. The van der Waals surface area contributed by atoms with Crippen LogP contribution in [0.4, 0.5) is 14.9 Å². The molecule has 1 fully saturated rings. The summed E-state index contributed by atoms with van der Waals surface area (Å²) in [7, 11) is 0. The van der Waals surface area contributed by atoms with Crippen LogP contribution in [0.2, 0.25) is 0 Å². The summed E-state index contributed by atoms with van der Waals surface area (Å²) in [6.45, 7) is 1.27. The lowest BCUT2D eigenvalue weighted by molar-refractivity contribution is -0.134. The van der Waals surface area contributed by atoms with Crippen LogP contribution in [0.15, 0.2) is 42.5 Å². The van der Waals surface area contributed by atoms with Crippen molar-refractivity contribution in [3.63, 3.8) is 0 Å². The Morgan fingerprint density at radius 3 is 2.81 bits per heavy atom. The van der Waals surface area contributed by atoms with Gasteiger partial charge in [-0.1, -0.05) is 30.3 Å². The third-order valence-corrected chi connectivity index (χ3v) is 5.12. The van der Waals surface area contributed by atoms with Crippen molar-refractivity contribution < 1.29 is 18.8 Å². The van der Waals surface area contributed by atoms with E-state index in [4.69, 9.17) is 0 Å². The van der Waals surface area contributed by atoms with E-state index in [0.717, 1.165) is 21.6 Å². The van der Waals surface area contributed by atoms with Crippen molar-refractivity contribution in [1.82, 2.24) is 10.2 Å². The minimum atomic E-state index is -1.11. The molecule has 1 aliphatic heterocycles. The number of nitrogens with one attached hydrogen (secondary N) is 2. The largest absolute Gasteiger partial charge is 0.325 e. The first-order valence-corrected chi connectivity index (χ1v) is 8.69. The standard InChI is InChI=1S/C20H18FN3O3/c1-12-6-7-16(15(21)10-12)22-17(25)11-24-18(26)20(23-19(24)27)9-8-13-4-2-3-5-14(13)20/h2-7,10H,8-9,11H2,1H3,(H,22,25)(H,23,27)/t20-/m1/s1. The van der Waals surface area contributed by atoms with Crippen molar-refractivity contribution in [2.45, 2.75) is 25.3 Å². The van der Waals surface area contributed by atoms with Gasteiger partial charge in [-0.05, 0) is 48.6 Å². The Kier molecular flexibility index (Phi) is 3.95. The summed E-state index contributed by atoms with van der Waals surface area (Å²) in [6.07, 6.45) is 1.14. The van der Waals surface area contributed by atoms with Crippen molar-refractivity contribution in [2.75, 3.05) is 11.9 Å². The van der Waals surface area contributed by atoms with Crippen LogP contribution in [-0.4, -0.2) is 29.3 Å². The molecule has 0 radical (unpaired) electrons. The summed E-state index contributed by atoms with van der Waals surface area (Å²) >= 11 is 0. The smallest absolute Gasteiger partial charge is 0.322 e. The Bertz CT molecular complexity index is 975. The molecule has 1 heterocycles. The first-order chi connectivity index (χ1) is 12.9. The van der Waals surface area contributed by atoms with Crippen LogP contribution in [-0.2, 0) is 21.5 Å². The highest BCUT2D eigenvalue weighted by molar-refractivity contribution is 6.10. The monoisotopic (exact) mass is 367 g/mol. The van der Waals surface area contributed by atoms with Crippen molar-refractivity contribution in [3.05, 3.63) is 65.0 Å². The number of anilines is 1. The molecule has 2 aromatic carbocycles. The number of aryl methyl sites for hydroxylation is 2. The van der Waals surface area contributed by atoms with Gasteiger partial charge in [-0.25, -0.2) is 9.18 Å². The second-order valence-corrected chi connectivity index (χ2v) is 6.92. The predicted molar refractivity (Wildman–Crippen MR) is 96.5 cm³/mol. The van der Waals surface area contributed by atoms with Crippen LogP contribution in [0.1, 0.15) is 23.1 Å². The number of carbonyl (C=O) groups excluding carboxylic acids is 3. The normalized spacial score (nSPS) is 20.7. The molecule has 0 aromatic heterocycles. The summed E-state index contributed by atoms with van der Waals surface area (Å²) in [5, 5.41) is 5.17. The van der Waals surface area contributed by atoms with E-state index in [1.807, 2.05) is 24.3 Å². The molecule has 0 saturated carbocycles. The maximum Gasteiger partial charge on any atom is 0.325 e. The second-order valence-electron chi connectivity index (χ2n) is 6.92. The van der Waals surface area contributed by atoms with Gasteiger partial charge in [0, 0.05) is 0 Å². The van der Waals surface area contributed by atoms with Crippen LogP contribution in [0, 0.1) is 12.7 Å². The lowest BCUT2D eigenvalue weighted by Crippen LogP contribution is -2.43. The van der Waals surface area contributed by atoms with Gasteiger partial charge in [-0.3, -0.25) is 14.5 Å². The number of imide groups is 1. The fraction of sp³-hybridized carbons (Fsp3) is 0.250. The van der Waals surface area contributed by atoms with Gasteiger partial charge in [0.2, 0.25) is 5.91 Å². The number of amides is 4. The molecule has 1 spiro atoms. The van der Waals surface area contributed by atoms with Gasteiger partial charge < -0.3 is 10.6 Å². The van der Waals surface area contributed by atoms with E-state index in [-0.39, 0.29) is 5.69 Å². The molecule has 7 heteroatoms. The molecule has 1 atom stereocenters. The summed E-state index contributed by atoms with van der Waals surface area (Å²) in [6, 6.07) is 11.3. The summed E-state index contributed by atoms with van der Waals surface area (Å²) in [4.78, 5) is 38.6. The molecule has 27 heavy (non-hydrogen) atoms. The van der Waals surface area contributed by atoms with Crippen molar-refractivity contribution >= 4 is 23.5 Å². The first kappa shape index (κ1) is 17.2. The second kappa shape index (κ2) is 6.19. The van der Waals surface area contributed by atoms with Gasteiger partial charge in [-0.2, -0.15) is 0 Å². The lowest BCUT2D eigenvalue weighted by atomic mass is 9.92. The van der Waals surface area contributed by atoms with Crippen molar-refractivity contribution in [3.8, 4) is 0 Å². The maximum atomic E-state index is 13.9. The van der Waals surface area contributed by atoms with Gasteiger partial charge in [0.1, 0.15) is 17.9 Å². The minimum Gasteiger partial charge on any atom is -0.322 e. The van der Waals surface area contributed by atoms with E-state index in [1.54, 1.807) is 13.0 Å². The predicted octanol–water partition coefficient (Wildman–Crippen LogP) is 2.47. The zero-order valence-corrected chi connectivity index (χ0v) is 14.7. The third kappa shape index (κ3) is 2.75. The summed E-state index contributed by atoms with van der Waals surface area (Å²) in [5.41, 5.74) is 1.42. The van der Waals surface area contributed by atoms with E-state index in [0.29, 0.717) is 12.8 Å². The van der Waals surface area contributed by atoms with Gasteiger partial charge >= 0.3 is 6.03 Å². The van der Waals surface area contributed by atoms with Gasteiger partial charge in [-0.15, -0.1) is 0 Å². The Hall–Kier alpha value is -3.22. The fourth-order valence-corrected chi connectivity index (χ4v) is 3.79. The third-order valence-electron chi connectivity index (χ3n) is 5.12. The molecule has 2 aromatic rings. The molecule has 0 bridgehead atoms. The number of rotatable bonds is 3. The molecule has 1 saturated heterocycles. The average molecular weight is 367 g/mol. The van der Waals surface area contributed by atoms with E-state index in [1.165, 1.54) is 12.1 Å². The topological polar surface area (TPSA) is 78.5 Å². The highest BCUT2D eigenvalue weighted by Crippen LogP contribution is 2.41. The zero-order valence-electron chi connectivity index (χ0n) is 14.7. The van der Waals surface area contributed by atoms with Crippen LogP contribution >= 0.6 is 0 Å². The molecule has 1 aliphatic carbocycles. The Balaban J connectivity index is 1.53. The number of carbonyl (C=O) groups is 3. The molecule has 138 valence electrons. The van der Waals surface area contributed by atoms with Crippen molar-refractivity contribution in [2.24, 2.45) is 0 Å². The molecule has 2 N–H and O–H groups in total. The number of hydrogen-bond donors (Lipinski definition) is 2.